The molecule has 0 spiro atoms. The van der Waals surface area contributed by atoms with Gasteiger partial charge in [-0.1, -0.05) is 18.2 Å². The minimum Gasteiger partial charge on any atom is -0.497 e. The van der Waals surface area contributed by atoms with E-state index in [0.717, 1.165) is 22.9 Å². The van der Waals surface area contributed by atoms with E-state index in [1.165, 1.54) is 0 Å². The molecule has 0 unspecified atom stereocenters. The number of carboxylic acid groups (broad SMARTS) is 1. The molecular weight excluding hydrogens is 282 g/mol. The standard InChI is InChI=1S/C17H13NO4/c1-22-12-4-2-3-10(7-12)11-5-6-15-13(8-11)14(17(20)21)9-16(19)18-15/h2-9H,1H3,(H,18,19)(H,20,21). The molecule has 22 heavy (non-hydrogen) atoms. The summed E-state index contributed by atoms with van der Waals surface area (Å²) in [6.07, 6.45) is 0. The number of hydrogen-bond donors (Lipinski definition) is 2. The summed E-state index contributed by atoms with van der Waals surface area (Å²) in [5.41, 5.74) is 1.81. The molecule has 0 aliphatic rings. The average molecular weight is 295 g/mol. The third kappa shape index (κ3) is 2.44. The van der Waals surface area contributed by atoms with Gasteiger partial charge in [-0.3, -0.25) is 4.79 Å². The summed E-state index contributed by atoms with van der Waals surface area (Å²) in [4.78, 5) is 25.5. The number of nitrogens with one attached hydrogen (secondary N) is 1. The van der Waals surface area contributed by atoms with Crippen molar-refractivity contribution in [1.29, 1.82) is 0 Å². The van der Waals surface area contributed by atoms with Crippen molar-refractivity contribution < 1.29 is 14.6 Å². The van der Waals surface area contributed by atoms with E-state index < -0.39 is 11.5 Å². The number of aromatic amines is 1. The minimum atomic E-state index is -1.13. The number of fused-ring (bicyclic) bond motifs is 1. The van der Waals surface area contributed by atoms with Gasteiger partial charge in [-0.2, -0.15) is 0 Å². The van der Waals surface area contributed by atoms with Gasteiger partial charge in [-0.25, -0.2) is 4.79 Å². The molecule has 110 valence electrons. The maximum absolute atomic E-state index is 11.5. The zero-order valence-corrected chi connectivity index (χ0v) is 11.8. The predicted octanol–water partition coefficient (Wildman–Crippen LogP) is 2.90. The first-order valence-electron chi connectivity index (χ1n) is 6.63. The van der Waals surface area contributed by atoms with Crippen LogP contribution >= 0.6 is 0 Å². The van der Waals surface area contributed by atoms with E-state index in [0.29, 0.717) is 10.9 Å². The number of carbonyl (C=O) groups is 1. The lowest BCUT2D eigenvalue weighted by atomic mass is 10.0. The van der Waals surface area contributed by atoms with Gasteiger partial charge < -0.3 is 14.8 Å². The highest BCUT2D eigenvalue weighted by atomic mass is 16.5. The topological polar surface area (TPSA) is 79.4 Å². The van der Waals surface area contributed by atoms with Crippen molar-refractivity contribution >= 4 is 16.9 Å². The van der Waals surface area contributed by atoms with Crippen LogP contribution < -0.4 is 10.3 Å². The number of ether oxygens (including phenoxy) is 1. The molecule has 3 aromatic rings. The minimum absolute atomic E-state index is 0.0107. The summed E-state index contributed by atoms with van der Waals surface area (Å²) < 4.78 is 5.20. The van der Waals surface area contributed by atoms with Crippen molar-refractivity contribution in [1.82, 2.24) is 4.98 Å². The van der Waals surface area contributed by atoms with Crippen molar-refractivity contribution in [3.8, 4) is 16.9 Å². The molecule has 3 rings (SSSR count). The second-order valence-electron chi connectivity index (χ2n) is 4.84. The summed E-state index contributed by atoms with van der Waals surface area (Å²) in [5.74, 6) is -0.406. The summed E-state index contributed by atoms with van der Waals surface area (Å²) in [6.45, 7) is 0. The van der Waals surface area contributed by atoms with E-state index in [1.807, 2.05) is 30.3 Å². The molecule has 0 radical (unpaired) electrons. The molecule has 0 fully saturated rings. The third-order valence-corrected chi connectivity index (χ3v) is 3.48. The zero-order valence-electron chi connectivity index (χ0n) is 11.8. The maximum atomic E-state index is 11.5. The zero-order chi connectivity index (χ0) is 15.7. The Labute approximate surface area is 125 Å². The van der Waals surface area contributed by atoms with Crippen LogP contribution in [0, 0.1) is 0 Å². The van der Waals surface area contributed by atoms with Crippen LogP contribution in [0.3, 0.4) is 0 Å². The van der Waals surface area contributed by atoms with Crippen molar-refractivity contribution in [2.75, 3.05) is 7.11 Å². The summed E-state index contributed by atoms with van der Waals surface area (Å²) in [7, 11) is 1.59. The third-order valence-electron chi connectivity index (χ3n) is 3.48. The highest BCUT2D eigenvalue weighted by Gasteiger charge is 2.11. The van der Waals surface area contributed by atoms with Gasteiger partial charge in [0.2, 0.25) is 5.56 Å². The molecule has 1 heterocycles. The van der Waals surface area contributed by atoms with Gasteiger partial charge >= 0.3 is 5.97 Å². The van der Waals surface area contributed by atoms with E-state index in [-0.39, 0.29) is 5.56 Å². The number of methoxy groups -OCH3 is 1. The number of carboxylic acids is 1. The summed E-state index contributed by atoms with van der Waals surface area (Å²) >= 11 is 0. The first kappa shape index (κ1) is 13.9. The molecule has 5 heteroatoms. The lowest BCUT2D eigenvalue weighted by Crippen LogP contribution is -2.10. The van der Waals surface area contributed by atoms with Crippen LogP contribution in [-0.2, 0) is 0 Å². The van der Waals surface area contributed by atoms with Crippen LogP contribution in [0.1, 0.15) is 10.4 Å². The van der Waals surface area contributed by atoms with Crippen molar-refractivity contribution in [3.05, 3.63) is 64.4 Å². The number of hydrogen-bond acceptors (Lipinski definition) is 3. The fourth-order valence-corrected chi connectivity index (χ4v) is 2.41. The van der Waals surface area contributed by atoms with E-state index in [9.17, 15) is 14.7 Å². The van der Waals surface area contributed by atoms with Gasteiger partial charge in [-0.15, -0.1) is 0 Å². The summed E-state index contributed by atoms with van der Waals surface area (Å²) in [5, 5.41) is 9.77. The average Bonchev–Trinajstić information content (AvgIpc) is 2.53. The van der Waals surface area contributed by atoms with Gasteiger partial charge in [-0.05, 0) is 35.4 Å². The van der Waals surface area contributed by atoms with Crippen LogP contribution in [-0.4, -0.2) is 23.2 Å². The van der Waals surface area contributed by atoms with Crippen LogP contribution in [0.5, 0.6) is 5.75 Å². The molecule has 2 aromatic carbocycles. The lowest BCUT2D eigenvalue weighted by Gasteiger charge is -2.08. The largest absolute Gasteiger partial charge is 0.497 e. The Kier molecular flexibility index (Phi) is 3.39. The molecule has 0 aliphatic carbocycles. The molecule has 2 N–H and O–H groups in total. The predicted molar refractivity (Wildman–Crippen MR) is 83.5 cm³/mol. The monoisotopic (exact) mass is 295 g/mol. The number of aromatic nitrogens is 1. The van der Waals surface area contributed by atoms with E-state index in [4.69, 9.17) is 4.74 Å². The Bertz CT molecular complexity index is 927. The quantitative estimate of drug-likeness (QED) is 0.778. The molecule has 5 nitrogen and oxygen atoms in total. The van der Waals surface area contributed by atoms with E-state index >= 15 is 0 Å². The maximum Gasteiger partial charge on any atom is 0.336 e. The van der Waals surface area contributed by atoms with Crippen molar-refractivity contribution in [2.24, 2.45) is 0 Å². The molecule has 0 bridgehead atoms. The molecule has 0 saturated carbocycles. The van der Waals surface area contributed by atoms with Crippen molar-refractivity contribution in [2.45, 2.75) is 0 Å². The normalized spacial score (nSPS) is 10.6. The molecule has 0 saturated heterocycles. The Hall–Kier alpha value is -3.08. The Morgan fingerprint density at radius 3 is 2.59 bits per heavy atom. The van der Waals surface area contributed by atoms with Crippen LogP contribution in [0.2, 0.25) is 0 Å². The Morgan fingerprint density at radius 1 is 1.09 bits per heavy atom. The second-order valence-corrected chi connectivity index (χ2v) is 4.84. The lowest BCUT2D eigenvalue weighted by molar-refractivity contribution is 0.0699. The first-order chi connectivity index (χ1) is 10.6. The van der Waals surface area contributed by atoms with Crippen molar-refractivity contribution in [3.63, 3.8) is 0 Å². The smallest absolute Gasteiger partial charge is 0.336 e. The molecule has 0 atom stereocenters. The number of pyridine rings is 1. The number of benzene rings is 2. The van der Waals surface area contributed by atoms with E-state index in [2.05, 4.69) is 4.98 Å². The SMILES string of the molecule is COc1cccc(-c2ccc3[nH]c(=O)cc(C(=O)O)c3c2)c1. The highest BCUT2D eigenvalue weighted by Crippen LogP contribution is 2.27. The van der Waals surface area contributed by atoms with Gasteiger partial charge in [0.1, 0.15) is 5.75 Å². The van der Waals surface area contributed by atoms with Crippen LogP contribution in [0.4, 0.5) is 0 Å². The second kappa shape index (κ2) is 5.37. The van der Waals surface area contributed by atoms with Gasteiger partial charge in [0, 0.05) is 17.0 Å². The van der Waals surface area contributed by atoms with E-state index in [1.54, 1.807) is 19.2 Å². The molecule has 0 aliphatic heterocycles. The summed E-state index contributed by atoms with van der Waals surface area (Å²) in [6, 6.07) is 13.9. The van der Waals surface area contributed by atoms with Crippen LogP contribution in [0.25, 0.3) is 22.0 Å². The fraction of sp³-hybridized carbons (Fsp3) is 0.0588. The van der Waals surface area contributed by atoms with Gasteiger partial charge in [0.15, 0.2) is 0 Å². The molecule has 0 amide bonds. The number of H-pyrrole nitrogens is 1. The fourth-order valence-electron chi connectivity index (χ4n) is 2.41. The number of rotatable bonds is 3. The van der Waals surface area contributed by atoms with Gasteiger partial charge in [0.05, 0.1) is 12.7 Å². The van der Waals surface area contributed by atoms with Gasteiger partial charge in [0.25, 0.3) is 0 Å². The molecule has 1 aromatic heterocycles. The Balaban J connectivity index is 2.24. The molecular formula is C17H13NO4. The highest BCUT2D eigenvalue weighted by molar-refractivity contribution is 6.03. The first-order valence-corrected chi connectivity index (χ1v) is 6.63. The Morgan fingerprint density at radius 2 is 1.86 bits per heavy atom. The van der Waals surface area contributed by atoms with Crippen LogP contribution in [0.15, 0.2) is 53.3 Å². The number of aromatic carboxylic acids is 1.